The molecule has 3 heterocycles. The number of aromatic nitrogens is 1. The molecule has 0 fully saturated rings. The maximum absolute atomic E-state index is 12.6. The molecule has 0 amide bonds. The Morgan fingerprint density at radius 3 is 2.70 bits per heavy atom. The van der Waals surface area contributed by atoms with Gasteiger partial charge in [0.25, 0.3) is 10.0 Å². The number of esters is 1. The summed E-state index contributed by atoms with van der Waals surface area (Å²) in [5.74, 6) is 0.525. The van der Waals surface area contributed by atoms with Gasteiger partial charge >= 0.3 is 5.97 Å². The molecule has 0 atom stereocenters. The Balaban J connectivity index is 1.93. The van der Waals surface area contributed by atoms with Gasteiger partial charge in [-0.1, -0.05) is 22.9 Å². The molecule has 8 nitrogen and oxygen atoms in total. The molecule has 4 rings (SSSR count). The van der Waals surface area contributed by atoms with E-state index in [4.69, 9.17) is 25.8 Å². The van der Waals surface area contributed by atoms with Crippen molar-refractivity contribution in [2.45, 2.75) is 10.8 Å². The van der Waals surface area contributed by atoms with Gasteiger partial charge in [-0.15, -0.1) is 15.7 Å². The molecular formula is C15H11ClN2O6S3. The van der Waals surface area contributed by atoms with Gasteiger partial charge in [0.2, 0.25) is 11.6 Å². The second-order valence-corrected chi connectivity index (χ2v) is 9.90. The van der Waals surface area contributed by atoms with Crippen molar-refractivity contribution in [1.82, 2.24) is 4.57 Å². The molecule has 0 saturated heterocycles. The molecule has 2 aromatic heterocycles. The van der Waals surface area contributed by atoms with Crippen LogP contribution in [0.1, 0.15) is 0 Å². The summed E-state index contributed by atoms with van der Waals surface area (Å²) in [7, 11) is -2.73. The quantitative estimate of drug-likeness (QED) is 0.571. The molecule has 0 unspecified atom stereocenters. The molecule has 27 heavy (non-hydrogen) atoms. The Morgan fingerprint density at radius 1 is 1.30 bits per heavy atom. The number of rotatable bonds is 4. The number of methoxy groups -OCH3 is 1. The highest BCUT2D eigenvalue weighted by atomic mass is 35.5. The second-order valence-electron chi connectivity index (χ2n) is 5.35. The lowest BCUT2D eigenvalue weighted by Crippen LogP contribution is -2.22. The van der Waals surface area contributed by atoms with Crippen molar-refractivity contribution in [3.63, 3.8) is 0 Å². The highest BCUT2D eigenvalue weighted by Gasteiger charge is 2.21. The maximum atomic E-state index is 12.6. The minimum Gasteiger partial charge on any atom is -0.468 e. The van der Waals surface area contributed by atoms with E-state index in [0.29, 0.717) is 26.1 Å². The molecule has 0 spiro atoms. The van der Waals surface area contributed by atoms with E-state index in [1.165, 1.54) is 23.8 Å². The topological polar surface area (TPSA) is 96.2 Å². The molecule has 0 N–H and O–H groups in total. The summed E-state index contributed by atoms with van der Waals surface area (Å²) in [6.07, 6.45) is 0. The molecule has 142 valence electrons. The first kappa shape index (κ1) is 18.3. The Labute approximate surface area is 166 Å². The molecule has 12 heteroatoms. The summed E-state index contributed by atoms with van der Waals surface area (Å²) < 4.78 is 47.1. The van der Waals surface area contributed by atoms with E-state index in [1.807, 2.05) is 0 Å². The molecule has 0 radical (unpaired) electrons. The van der Waals surface area contributed by atoms with E-state index in [0.717, 1.165) is 22.7 Å². The lowest BCUT2D eigenvalue weighted by Gasteiger charge is -2.04. The van der Waals surface area contributed by atoms with Crippen molar-refractivity contribution in [1.29, 1.82) is 0 Å². The number of nitrogens with zero attached hydrogens (tertiary/aromatic N) is 2. The Kier molecular flexibility index (Phi) is 4.62. The fourth-order valence-corrected chi connectivity index (χ4v) is 6.16. The average Bonchev–Trinajstić information content (AvgIpc) is 3.32. The highest BCUT2D eigenvalue weighted by Crippen LogP contribution is 2.37. The van der Waals surface area contributed by atoms with Gasteiger partial charge in [-0.25, -0.2) is 0 Å². The number of thiazole rings is 1. The van der Waals surface area contributed by atoms with Gasteiger partial charge in [-0.2, -0.15) is 8.42 Å². The maximum Gasteiger partial charge on any atom is 0.325 e. The van der Waals surface area contributed by atoms with Crippen LogP contribution in [0.2, 0.25) is 4.34 Å². The van der Waals surface area contributed by atoms with Gasteiger partial charge in [0, 0.05) is 12.1 Å². The molecule has 1 aliphatic rings. The lowest BCUT2D eigenvalue weighted by molar-refractivity contribution is -0.141. The van der Waals surface area contributed by atoms with Gasteiger partial charge in [0.05, 0.1) is 21.7 Å². The summed E-state index contributed by atoms with van der Waals surface area (Å²) in [5, 5.41) is 0. The number of carbonyl (C=O) groups excluding carboxylic acids is 1. The van der Waals surface area contributed by atoms with Crippen LogP contribution < -0.4 is 14.3 Å². The first-order valence-electron chi connectivity index (χ1n) is 7.43. The number of ether oxygens (including phenoxy) is 3. The third-order valence-electron chi connectivity index (χ3n) is 3.69. The highest BCUT2D eigenvalue weighted by molar-refractivity contribution is 7.92. The lowest BCUT2D eigenvalue weighted by atomic mass is 10.3. The summed E-state index contributed by atoms with van der Waals surface area (Å²) in [5.41, 5.74) is 0.591. The fraction of sp³-hybridized carbons (Fsp3) is 0.200. The standard InChI is InChI=1S/C15H11ClN2O6S3/c1-22-13(19)6-18-8-4-9-10(24-7-23-9)5-11(8)25-15(18)17-27(20,21)14-3-2-12(16)26-14/h2-5H,6-7H2,1H3/b17-15-. The number of thiophene rings is 1. The van der Waals surface area contributed by atoms with E-state index < -0.39 is 16.0 Å². The number of hydrogen-bond acceptors (Lipinski definition) is 8. The molecule has 3 aromatic rings. The van der Waals surface area contributed by atoms with Crippen molar-refractivity contribution in [3.05, 3.63) is 33.4 Å². The Morgan fingerprint density at radius 2 is 2.04 bits per heavy atom. The van der Waals surface area contributed by atoms with Crippen molar-refractivity contribution in [2.24, 2.45) is 4.40 Å². The van der Waals surface area contributed by atoms with E-state index in [2.05, 4.69) is 4.40 Å². The van der Waals surface area contributed by atoms with Crippen LogP contribution in [-0.2, 0) is 26.1 Å². The van der Waals surface area contributed by atoms with Crippen LogP contribution in [0.3, 0.4) is 0 Å². The van der Waals surface area contributed by atoms with Gasteiger partial charge < -0.3 is 18.8 Å². The Bertz CT molecular complexity index is 1220. The number of fused-ring (bicyclic) bond motifs is 2. The minimum absolute atomic E-state index is 0.0173. The van der Waals surface area contributed by atoms with Crippen molar-refractivity contribution < 1.29 is 27.4 Å². The first-order chi connectivity index (χ1) is 12.9. The van der Waals surface area contributed by atoms with Gasteiger partial charge in [-0.3, -0.25) is 4.79 Å². The number of carbonyl (C=O) groups is 1. The average molecular weight is 447 g/mol. The zero-order valence-electron chi connectivity index (χ0n) is 13.7. The predicted molar refractivity (Wildman–Crippen MR) is 100 cm³/mol. The number of halogens is 1. The third-order valence-corrected chi connectivity index (χ3v) is 7.82. The normalized spacial score (nSPS) is 14.1. The van der Waals surface area contributed by atoms with Crippen LogP contribution in [0, 0.1) is 0 Å². The first-order valence-corrected chi connectivity index (χ1v) is 10.9. The van der Waals surface area contributed by atoms with Gasteiger partial charge in [0.1, 0.15) is 10.8 Å². The van der Waals surface area contributed by atoms with E-state index in [-0.39, 0.29) is 22.3 Å². The summed E-state index contributed by atoms with van der Waals surface area (Å²) in [6.45, 7) is -0.0932. The predicted octanol–water partition coefficient (Wildman–Crippen LogP) is 2.61. The van der Waals surface area contributed by atoms with Crippen LogP contribution in [0.4, 0.5) is 0 Å². The fourth-order valence-electron chi connectivity index (χ4n) is 2.46. The SMILES string of the molecule is COC(=O)Cn1/c(=N/S(=O)(=O)c2ccc(Cl)s2)sc2cc3c(cc21)OCO3. The Hall–Kier alpha value is -2.08. The monoisotopic (exact) mass is 446 g/mol. The van der Waals surface area contributed by atoms with Gasteiger partial charge in [-0.05, 0) is 12.1 Å². The van der Waals surface area contributed by atoms with Crippen LogP contribution in [-0.4, -0.2) is 32.9 Å². The molecule has 0 saturated carbocycles. The molecule has 1 aromatic carbocycles. The molecule has 1 aliphatic heterocycles. The number of sulfonamides is 1. The van der Waals surface area contributed by atoms with E-state index >= 15 is 0 Å². The number of hydrogen-bond donors (Lipinski definition) is 0. The smallest absolute Gasteiger partial charge is 0.325 e. The third kappa shape index (κ3) is 3.43. The molecule has 0 bridgehead atoms. The van der Waals surface area contributed by atoms with Crippen molar-refractivity contribution >= 4 is 60.5 Å². The minimum atomic E-state index is -3.98. The van der Waals surface area contributed by atoms with Crippen LogP contribution >= 0.6 is 34.3 Å². The molecular weight excluding hydrogens is 436 g/mol. The van der Waals surface area contributed by atoms with Gasteiger partial charge in [0.15, 0.2) is 11.5 Å². The second kappa shape index (κ2) is 6.82. The summed E-state index contributed by atoms with van der Waals surface area (Å²) >= 11 is 7.86. The van der Waals surface area contributed by atoms with E-state index in [9.17, 15) is 13.2 Å². The zero-order chi connectivity index (χ0) is 19.2. The summed E-state index contributed by atoms with van der Waals surface area (Å²) in [6, 6.07) is 6.29. The van der Waals surface area contributed by atoms with E-state index in [1.54, 1.807) is 12.1 Å². The summed E-state index contributed by atoms with van der Waals surface area (Å²) in [4.78, 5) is 12.0. The number of benzene rings is 1. The van der Waals surface area contributed by atoms with Crippen LogP contribution in [0.5, 0.6) is 11.5 Å². The largest absolute Gasteiger partial charge is 0.468 e. The van der Waals surface area contributed by atoms with Crippen molar-refractivity contribution in [2.75, 3.05) is 13.9 Å². The molecule has 0 aliphatic carbocycles. The zero-order valence-corrected chi connectivity index (χ0v) is 16.9. The van der Waals surface area contributed by atoms with Crippen LogP contribution in [0.25, 0.3) is 10.2 Å². The van der Waals surface area contributed by atoms with Crippen molar-refractivity contribution in [3.8, 4) is 11.5 Å². The van der Waals surface area contributed by atoms with Crippen LogP contribution in [0.15, 0.2) is 32.9 Å².